The zero-order valence-corrected chi connectivity index (χ0v) is 8.88. The average molecular weight is 204 g/mol. The second-order valence-electron chi connectivity index (χ2n) is 3.85. The van der Waals surface area contributed by atoms with Crippen molar-refractivity contribution >= 4 is 5.91 Å². The maximum atomic E-state index is 11.2. The van der Waals surface area contributed by atoms with Crippen molar-refractivity contribution in [3.05, 3.63) is 0 Å². The highest BCUT2D eigenvalue weighted by atomic mass is 16.5. The highest BCUT2D eigenvalue weighted by Gasteiger charge is 2.15. The smallest absolute Gasteiger partial charge is 0.221 e. The third-order valence-electron chi connectivity index (χ3n) is 1.42. The lowest BCUT2D eigenvalue weighted by Crippen LogP contribution is -2.39. The van der Waals surface area contributed by atoms with Gasteiger partial charge >= 0.3 is 0 Å². The van der Waals surface area contributed by atoms with E-state index in [0.717, 1.165) is 0 Å². The molecule has 0 aliphatic carbocycles. The lowest BCUT2D eigenvalue weighted by Gasteiger charge is -2.17. The fourth-order valence-electron chi connectivity index (χ4n) is 0.906. The highest BCUT2D eigenvalue weighted by Crippen LogP contribution is 2.01. The predicted molar refractivity (Wildman–Crippen MR) is 53.8 cm³/mol. The number of nitrogens with one attached hydrogen (secondary N) is 1. The molecule has 0 aromatic carbocycles. The Bertz CT molecular complexity index is 166. The number of hydrogen-bond donors (Lipinski definition) is 3. The van der Waals surface area contributed by atoms with Gasteiger partial charge in [0.05, 0.1) is 19.8 Å². The van der Waals surface area contributed by atoms with Gasteiger partial charge in [0.15, 0.2) is 0 Å². The minimum Gasteiger partial charge on any atom is -0.394 e. The van der Waals surface area contributed by atoms with Crippen LogP contribution in [0.15, 0.2) is 0 Å². The summed E-state index contributed by atoms with van der Waals surface area (Å²) in [5.41, 5.74) is 5.19. The van der Waals surface area contributed by atoms with Gasteiger partial charge in [-0.25, -0.2) is 0 Å². The van der Waals surface area contributed by atoms with Crippen LogP contribution in [0.25, 0.3) is 0 Å². The Morgan fingerprint density at radius 3 is 2.64 bits per heavy atom. The zero-order valence-electron chi connectivity index (χ0n) is 8.88. The number of amides is 1. The largest absolute Gasteiger partial charge is 0.394 e. The molecule has 0 saturated heterocycles. The molecule has 84 valence electrons. The molecule has 14 heavy (non-hydrogen) atoms. The summed E-state index contributed by atoms with van der Waals surface area (Å²) in [5.74, 6) is -0.0786. The third kappa shape index (κ3) is 9.44. The molecule has 5 nitrogen and oxygen atoms in total. The summed E-state index contributed by atoms with van der Waals surface area (Å²) < 4.78 is 4.97. The van der Waals surface area contributed by atoms with Gasteiger partial charge in [-0.2, -0.15) is 0 Å². The molecule has 0 atom stereocenters. The fourth-order valence-corrected chi connectivity index (χ4v) is 0.906. The van der Waals surface area contributed by atoms with E-state index in [2.05, 4.69) is 5.32 Å². The van der Waals surface area contributed by atoms with E-state index < -0.39 is 5.54 Å². The van der Waals surface area contributed by atoms with Crippen molar-refractivity contribution in [2.75, 3.05) is 26.4 Å². The summed E-state index contributed by atoms with van der Waals surface area (Å²) >= 11 is 0. The molecule has 0 aliphatic rings. The Morgan fingerprint density at radius 2 is 2.14 bits per heavy atom. The van der Waals surface area contributed by atoms with Crippen molar-refractivity contribution in [3.63, 3.8) is 0 Å². The predicted octanol–water partition coefficient (Wildman–Crippen LogP) is -0.761. The van der Waals surface area contributed by atoms with E-state index in [1.807, 2.05) is 0 Å². The third-order valence-corrected chi connectivity index (χ3v) is 1.42. The van der Waals surface area contributed by atoms with Crippen LogP contribution in [0.2, 0.25) is 0 Å². The SMILES string of the molecule is CC(C)(N)CC(=O)NCCOCCO. The molecule has 0 aromatic heterocycles. The standard InChI is InChI=1S/C9H20N2O3/c1-9(2,10)7-8(13)11-3-5-14-6-4-12/h12H,3-7,10H2,1-2H3,(H,11,13). The summed E-state index contributed by atoms with van der Waals surface area (Å²) in [5, 5.41) is 11.1. The fraction of sp³-hybridized carbons (Fsp3) is 0.889. The van der Waals surface area contributed by atoms with Gasteiger partial charge in [-0.3, -0.25) is 4.79 Å². The van der Waals surface area contributed by atoms with E-state index in [9.17, 15) is 4.79 Å². The van der Waals surface area contributed by atoms with Crippen LogP contribution >= 0.6 is 0 Å². The summed E-state index contributed by atoms with van der Waals surface area (Å²) in [4.78, 5) is 11.2. The molecule has 0 saturated carbocycles. The second-order valence-corrected chi connectivity index (χ2v) is 3.85. The molecule has 4 N–H and O–H groups in total. The van der Waals surface area contributed by atoms with Gasteiger partial charge in [-0.1, -0.05) is 0 Å². The number of carbonyl (C=O) groups is 1. The average Bonchev–Trinajstić information content (AvgIpc) is 2.00. The van der Waals surface area contributed by atoms with Crippen LogP contribution in [-0.2, 0) is 9.53 Å². The number of aliphatic hydroxyl groups is 1. The van der Waals surface area contributed by atoms with Crippen molar-refractivity contribution in [1.29, 1.82) is 0 Å². The van der Waals surface area contributed by atoms with E-state index in [4.69, 9.17) is 15.6 Å². The van der Waals surface area contributed by atoms with Gasteiger partial charge in [0, 0.05) is 18.5 Å². The maximum Gasteiger partial charge on any atom is 0.221 e. The number of nitrogens with two attached hydrogens (primary N) is 1. The van der Waals surface area contributed by atoms with E-state index in [1.54, 1.807) is 13.8 Å². The lowest BCUT2D eigenvalue weighted by molar-refractivity contribution is -0.122. The minimum atomic E-state index is -0.476. The van der Waals surface area contributed by atoms with Gasteiger partial charge < -0.3 is 20.9 Å². The van der Waals surface area contributed by atoms with Crippen LogP contribution in [-0.4, -0.2) is 42.9 Å². The van der Waals surface area contributed by atoms with Crippen LogP contribution in [0.5, 0.6) is 0 Å². The molecule has 0 bridgehead atoms. The van der Waals surface area contributed by atoms with E-state index in [0.29, 0.717) is 26.2 Å². The molecule has 0 unspecified atom stereocenters. The normalized spacial score (nSPS) is 11.4. The molecule has 0 heterocycles. The molecule has 0 fully saturated rings. The molecule has 5 heteroatoms. The van der Waals surface area contributed by atoms with Crippen LogP contribution < -0.4 is 11.1 Å². The number of aliphatic hydroxyl groups excluding tert-OH is 1. The molecule has 0 aliphatic heterocycles. The van der Waals surface area contributed by atoms with Crippen LogP contribution in [0.3, 0.4) is 0 Å². The Kier molecular flexibility index (Phi) is 6.44. The molecule has 1 amide bonds. The van der Waals surface area contributed by atoms with Crippen molar-refractivity contribution in [2.45, 2.75) is 25.8 Å². The number of ether oxygens (including phenoxy) is 1. The van der Waals surface area contributed by atoms with Gasteiger partial charge in [0.2, 0.25) is 5.91 Å². The lowest BCUT2D eigenvalue weighted by atomic mass is 10.0. The Labute approximate surface area is 84.6 Å². The van der Waals surface area contributed by atoms with E-state index in [-0.39, 0.29) is 12.5 Å². The van der Waals surface area contributed by atoms with Gasteiger partial charge in [-0.15, -0.1) is 0 Å². The van der Waals surface area contributed by atoms with E-state index in [1.165, 1.54) is 0 Å². The monoisotopic (exact) mass is 204 g/mol. The Morgan fingerprint density at radius 1 is 1.50 bits per heavy atom. The maximum absolute atomic E-state index is 11.2. The molecular formula is C9H20N2O3. The summed E-state index contributed by atoms with van der Waals surface area (Å²) in [7, 11) is 0. The molecule has 0 radical (unpaired) electrons. The van der Waals surface area contributed by atoms with Gasteiger partial charge in [0.25, 0.3) is 0 Å². The summed E-state index contributed by atoms with van der Waals surface area (Å²) in [6.07, 6.45) is 0.299. The van der Waals surface area contributed by atoms with E-state index >= 15 is 0 Å². The summed E-state index contributed by atoms with van der Waals surface area (Å²) in [6.45, 7) is 4.78. The molecule has 0 aromatic rings. The minimum absolute atomic E-state index is 0.00375. The number of carbonyl (C=O) groups excluding carboxylic acids is 1. The van der Waals surface area contributed by atoms with Crippen LogP contribution in [0.1, 0.15) is 20.3 Å². The quantitative estimate of drug-likeness (QED) is 0.476. The highest BCUT2D eigenvalue weighted by molar-refractivity contribution is 5.76. The first-order valence-corrected chi connectivity index (χ1v) is 4.70. The zero-order chi connectivity index (χ0) is 11.0. The van der Waals surface area contributed by atoms with Crippen molar-refractivity contribution in [3.8, 4) is 0 Å². The van der Waals surface area contributed by atoms with Crippen molar-refractivity contribution < 1.29 is 14.6 Å². The first-order chi connectivity index (χ1) is 6.45. The molecule has 0 spiro atoms. The van der Waals surface area contributed by atoms with Gasteiger partial charge in [0.1, 0.15) is 0 Å². The Hall–Kier alpha value is -0.650. The Balaban J connectivity index is 3.36. The first-order valence-electron chi connectivity index (χ1n) is 4.70. The van der Waals surface area contributed by atoms with Crippen LogP contribution in [0, 0.1) is 0 Å². The van der Waals surface area contributed by atoms with Crippen LogP contribution in [0.4, 0.5) is 0 Å². The second kappa shape index (κ2) is 6.75. The number of hydrogen-bond acceptors (Lipinski definition) is 4. The number of rotatable bonds is 7. The topological polar surface area (TPSA) is 84.6 Å². The molecular weight excluding hydrogens is 184 g/mol. The van der Waals surface area contributed by atoms with Crippen molar-refractivity contribution in [2.24, 2.45) is 5.73 Å². The first kappa shape index (κ1) is 13.4. The van der Waals surface area contributed by atoms with Gasteiger partial charge in [-0.05, 0) is 13.8 Å². The molecule has 0 rings (SSSR count). The summed E-state index contributed by atoms with van der Waals surface area (Å²) in [6, 6.07) is 0. The van der Waals surface area contributed by atoms with Crippen molar-refractivity contribution in [1.82, 2.24) is 5.32 Å².